The molecule has 1 heterocycles. The lowest BCUT2D eigenvalue weighted by Gasteiger charge is -2.20. The molecule has 1 saturated heterocycles. The van der Waals surface area contributed by atoms with E-state index < -0.39 is 30.3 Å². The molecule has 8 nitrogen and oxygen atoms in total. The molecule has 1 amide bonds. The number of ether oxygens (including phenoxy) is 1. The number of hydrogen-bond acceptors (Lipinski definition) is 4. The summed E-state index contributed by atoms with van der Waals surface area (Å²) in [7, 11) is 0. The molecule has 1 aliphatic rings. The van der Waals surface area contributed by atoms with E-state index in [2.05, 4.69) is 10.0 Å². The minimum Gasteiger partial charge on any atom is -0.465 e. The zero-order valence-corrected chi connectivity index (χ0v) is 11.4. The number of halogens is 1. The predicted octanol–water partition coefficient (Wildman–Crippen LogP) is 2.11. The SMILES string of the molecule is [N-]=[N+]=N[C@@H]1CN(C(=O)O)[C@H](C(=O)OCc2ccccc2)[C@H]1F. The molecule has 1 aromatic carbocycles. The van der Waals surface area contributed by atoms with Gasteiger partial charge in [-0.25, -0.2) is 14.0 Å². The van der Waals surface area contributed by atoms with Crippen LogP contribution in [0.4, 0.5) is 9.18 Å². The summed E-state index contributed by atoms with van der Waals surface area (Å²) in [5.74, 6) is -1.01. The van der Waals surface area contributed by atoms with Crippen LogP contribution in [0, 0.1) is 0 Å². The van der Waals surface area contributed by atoms with Gasteiger partial charge in [0.05, 0.1) is 6.04 Å². The first-order chi connectivity index (χ1) is 10.5. The number of benzene rings is 1. The fourth-order valence-electron chi connectivity index (χ4n) is 2.23. The quantitative estimate of drug-likeness (QED) is 0.397. The third-order valence-corrected chi connectivity index (χ3v) is 3.30. The topological polar surface area (TPSA) is 116 Å². The molecular formula is C13H13FN4O4. The van der Waals surface area contributed by atoms with Crippen LogP contribution in [-0.4, -0.2) is 46.9 Å². The number of carbonyl (C=O) groups excluding carboxylic acids is 1. The van der Waals surface area contributed by atoms with Crippen LogP contribution in [0.15, 0.2) is 35.4 Å². The molecule has 0 aromatic heterocycles. The molecule has 0 bridgehead atoms. The average molecular weight is 308 g/mol. The van der Waals surface area contributed by atoms with Crippen LogP contribution in [0.25, 0.3) is 10.4 Å². The van der Waals surface area contributed by atoms with Crippen LogP contribution in [0.3, 0.4) is 0 Å². The maximum atomic E-state index is 14.2. The fourth-order valence-corrected chi connectivity index (χ4v) is 2.23. The van der Waals surface area contributed by atoms with Crippen molar-refractivity contribution >= 4 is 12.1 Å². The van der Waals surface area contributed by atoms with E-state index >= 15 is 0 Å². The van der Waals surface area contributed by atoms with Gasteiger partial charge in [0.1, 0.15) is 12.8 Å². The van der Waals surface area contributed by atoms with Crippen LogP contribution in [0.5, 0.6) is 0 Å². The highest BCUT2D eigenvalue weighted by molar-refractivity contribution is 5.82. The lowest BCUT2D eigenvalue weighted by molar-refractivity contribution is -0.151. The molecule has 3 atom stereocenters. The van der Waals surface area contributed by atoms with Crippen molar-refractivity contribution in [3.05, 3.63) is 46.3 Å². The van der Waals surface area contributed by atoms with E-state index in [4.69, 9.17) is 15.4 Å². The summed E-state index contributed by atoms with van der Waals surface area (Å²) in [5.41, 5.74) is 9.05. The molecule has 22 heavy (non-hydrogen) atoms. The third-order valence-electron chi connectivity index (χ3n) is 3.30. The highest BCUT2D eigenvalue weighted by atomic mass is 19.1. The molecule has 9 heteroatoms. The van der Waals surface area contributed by atoms with Gasteiger partial charge < -0.3 is 9.84 Å². The van der Waals surface area contributed by atoms with E-state index in [9.17, 15) is 14.0 Å². The highest BCUT2D eigenvalue weighted by Gasteiger charge is 2.49. The molecule has 0 radical (unpaired) electrons. The number of alkyl halides is 1. The molecule has 1 fully saturated rings. The van der Waals surface area contributed by atoms with Crippen molar-refractivity contribution in [2.24, 2.45) is 5.11 Å². The Kier molecular flexibility index (Phi) is 4.80. The van der Waals surface area contributed by atoms with Crippen molar-refractivity contribution in [1.29, 1.82) is 0 Å². The van der Waals surface area contributed by atoms with Gasteiger partial charge in [-0.3, -0.25) is 4.90 Å². The number of azide groups is 1. The van der Waals surface area contributed by atoms with Crippen LogP contribution in [0.1, 0.15) is 5.56 Å². The summed E-state index contributed by atoms with van der Waals surface area (Å²) in [6.07, 6.45) is -3.41. The summed E-state index contributed by atoms with van der Waals surface area (Å²) >= 11 is 0. The summed E-state index contributed by atoms with van der Waals surface area (Å²) in [5, 5.41) is 12.2. The van der Waals surface area contributed by atoms with Crippen molar-refractivity contribution < 1.29 is 23.8 Å². The van der Waals surface area contributed by atoms with Gasteiger partial charge in [-0.2, -0.15) is 0 Å². The number of rotatable bonds is 4. The number of likely N-dealkylation sites (tertiary alicyclic amines) is 1. The number of hydrogen-bond donors (Lipinski definition) is 1. The Balaban J connectivity index is 2.08. The molecule has 0 saturated carbocycles. The number of esters is 1. The first-order valence-corrected chi connectivity index (χ1v) is 6.43. The summed E-state index contributed by atoms with van der Waals surface area (Å²) in [6, 6.07) is 5.85. The van der Waals surface area contributed by atoms with E-state index in [1.165, 1.54) is 0 Å². The van der Waals surface area contributed by atoms with Crippen molar-refractivity contribution in [3.8, 4) is 0 Å². The number of amides is 1. The van der Waals surface area contributed by atoms with Crippen molar-refractivity contribution in [3.63, 3.8) is 0 Å². The Morgan fingerprint density at radius 1 is 1.45 bits per heavy atom. The maximum Gasteiger partial charge on any atom is 0.408 e. The smallest absolute Gasteiger partial charge is 0.408 e. The molecule has 0 aliphatic carbocycles. The van der Waals surface area contributed by atoms with Gasteiger partial charge in [0.2, 0.25) is 0 Å². The van der Waals surface area contributed by atoms with Crippen LogP contribution >= 0.6 is 0 Å². The standard InChI is InChI=1S/C13H13FN4O4/c14-10-9(16-17-15)6-18(13(20)21)11(10)12(19)22-7-8-4-2-1-3-5-8/h1-5,9-11H,6-7H2,(H,20,21)/t9-,10+,11+/m1/s1. The van der Waals surface area contributed by atoms with E-state index in [-0.39, 0.29) is 13.2 Å². The second-order valence-electron chi connectivity index (χ2n) is 4.69. The average Bonchev–Trinajstić information content (AvgIpc) is 2.84. The van der Waals surface area contributed by atoms with E-state index in [1.807, 2.05) is 0 Å². The van der Waals surface area contributed by atoms with Gasteiger partial charge in [0.15, 0.2) is 6.04 Å². The molecular weight excluding hydrogens is 295 g/mol. The Hall–Kier alpha value is -2.80. The van der Waals surface area contributed by atoms with Gasteiger partial charge in [0.25, 0.3) is 0 Å². The number of carboxylic acid groups (broad SMARTS) is 1. The predicted molar refractivity (Wildman–Crippen MR) is 72.6 cm³/mol. The number of nitrogens with zero attached hydrogens (tertiary/aromatic N) is 4. The lowest BCUT2D eigenvalue weighted by atomic mass is 10.1. The number of carbonyl (C=O) groups is 2. The van der Waals surface area contributed by atoms with Crippen LogP contribution in [-0.2, 0) is 16.1 Å². The molecule has 2 rings (SSSR count). The van der Waals surface area contributed by atoms with E-state index in [0.29, 0.717) is 10.5 Å². The molecule has 1 N–H and O–H groups in total. The first-order valence-electron chi connectivity index (χ1n) is 6.43. The summed E-state index contributed by atoms with van der Waals surface area (Å²) in [4.78, 5) is 26.2. The summed E-state index contributed by atoms with van der Waals surface area (Å²) < 4.78 is 19.1. The Morgan fingerprint density at radius 2 is 2.14 bits per heavy atom. The molecule has 1 aliphatic heterocycles. The third kappa shape index (κ3) is 3.26. The fraction of sp³-hybridized carbons (Fsp3) is 0.385. The van der Waals surface area contributed by atoms with Crippen LogP contribution in [0.2, 0.25) is 0 Å². The lowest BCUT2D eigenvalue weighted by Crippen LogP contribution is -2.44. The first kappa shape index (κ1) is 15.6. The minimum absolute atomic E-state index is 0.0947. The van der Waals surface area contributed by atoms with Gasteiger partial charge >= 0.3 is 12.1 Å². The normalized spacial score (nSPS) is 23.7. The van der Waals surface area contributed by atoms with Crippen molar-refractivity contribution in [1.82, 2.24) is 4.90 Å². The van der Waals surface area contributed by atoms with E-state index in [1.54, 1.807) is 30.3 Å². The van der Waals surface area contributed by atoms with Gasteiger partial charge in [0, 0.05) is 11.5 Å². The monoisotopic (exact) mass is 308 g/mol. The van der Waals surface area contributed by atoms with Crippen molar-refractivity contribution in [2.45, 2.75) is 24.9 Å². The Bertz CT molecular complexity index is 605. The Morgan fingerprint density at radius 3 is 2.73 bits per heavy atom. The van der Waals surface area contributed by atoms with Crippen molar-refractivity contribution in [2.75, 3.05) is 6.54 Å². The minimum atomic E-state index is -1.93. The second kappa shape index (κ2) is 6.77. The van der Waals surface area contributed by atoms with E-state index in [0.717, 1.165) is 0 Å². The van der Waals surface area contributed by atoms with Gasteiger partial charge in [-0.05, 0) is 11.1 Å². The van der Waals surface area contributed by atoms with Crippen LogP contribution < -0.4 is 0 Å². The van der Waals surface area contributed by atoms with Gasteiger partial charge in [-0.15, -0.1) is 0 Å². The zero-order valence-electron chi connectivity index (χ0n) is 11.4. The van der Waals surface area contributed by atoms with Gasteiger partial charge in [-0.1, -0.05) is 35.4 Å². The molecule has 116 valence electrons. The molecule has 0 unspecified atom stereocenters. The Labute approximate surface area is 124 Å². The molecule has 1 aromatic rings. The zero-order chi connectivity index (χ0) is 16.1. The largest absolute Gasteiger partial charge is 0.465 e. The molecule has 0 spiro atoms. The summed E-state index contributed by atoms with van der Waals surface area (Å²) in [6.45, 7) is -0.478. The maximum absolute atomic E-state index is 14.2. The second-order valence-corrected chi connectivity index (χ2v) is 4.69. The highest BCUT2D eigenvalue weighted by Crippen LogP contribution is 2.25.